The molecule has 3 rings (SSSR count). The molecule has 118 valence electrons. The number of hydrogen-bond acceptors (Lipinski definition) is 4. The van der Waals surface area contributed by atoms with Gasteiger partial charge in [0.05, 0.1) is 11.3 Å². The molecule has 1 aromatic carbocycles. The van der Waals surface area contributed by atoms with Gasteiger partial charge in [0.1, 0.15) is 0 Å². The van der Waals surface area contributed by atoms with E-state index in [0.717, 1.165) is 11.3 Å². The number of nitrogens with one attached hydrogen (secondary N) is 1. The van der Waals surface area contributed by atoms with Crippen LogP contribution in [0.4, 0.5) is 10.8 Å². The van der Waals surface area contributed by atoms with Crippen molar-refractivity contribution >= 4 is 57.2 Å². The first-order valence-electron chi connectivity index (χ1n) is 7.06. The minimum absolute atomic E-state index is 0.0585. The van der Waals surface area contributed by atoms with Crippen LogP contribution in [0, 0.1) is 0 Å². The zero-order valence-corrected chi connectivity index (χ0v) is 14.2. The summed E-state index contributed by atoms with van der Waals surface area (Å²) in [5.74, 6) is -0.243. The molecule has 2 aromatic rings. The largest absolute Gasteiger partial charge is 0.321 e. The topological polar surface area (TPSA) is 62.3 Å². The van der Waals surface area contributed by atoms with Gasteiger partial charge in [-0.3, -0.25) is 14.5 Å². The second-order valence-corrected chi connectivity index (χ2v) is 6.29. The summed E-state index contributed by atoms with van der Waals surface area (Å²) in [5.41, 5.74) is 2.66. The fraction of sp³-hybridized carbons (Fsp3) is 0.188. The SMILES string of the molecule is CCN(C(C)=O)c1nc(/C=C2/C(=O)Nc3ccc(Cl)cc32)cs1. The highest BCUT2D eigenvalue weighted by molar-refractivity contribution is 7.14. The quantitative estimate of drug-likeness (QED) is 0.862. The van der Waals surface area contributed by atoms with E-state index in [2.05, 4.69) is 10.3 Å². The maximum Gasteiger partial charge on any atom is 0.256 e. The number of nitrogens with zero attached hydrogens (tertiary/aromatic N) is 2. The maximum atomic E-state index is 12.1. The van der Waals surface area contributed by atoms with Gasteiger partial charge in [0.25, 0.3) is 5.91 Å². The predicted molar refractivity (Wildman–Crippen MR) is 93.8 cm³/mol. The van der Waals surface area contributed by atoms with E-state index >= 15 is 0 Å². The summed E-state index contributed by atoms with van der Waals surface area (Å²) in [6.07, 6.45) is 1.71. The Bertz CT molecular complexity index is 828. The van der Waals surface area contributed by atoms with Gasteiger partial charge < -0.3 is 5.32 Å². The maximum absolute atomic E-state index is 12.1. The van der Waals surface area contributed by atoms with Crippen LogP contribution in [0.1, 0.15) is 25.1 Å². The van der Waals surface area contributed by atoms with Gasteiger partial charge in [0.15, 0.2) is 5.13 Å². The fourth-order valence-corrected chi connectivity index (χ4v) is 3.47. The van der Waals surface area contributed by atoms with E-state index in [4.69, 9.17) is 11.6 Å². The molecule has 5 nitrogen and oxygen atoms in total. The van der Waals surface area contributed by atoms with Crippen molar-refractivity contribution in [1.29, 1.82) is 0 Å². The van der Waals surface area contributed by atoms with Crippen LogP contribution in [0.5, 0.6) is 0 Å². The molecule has 0 aliphatic carbocycles. The molecule has 0 radical (unpaired) electrons. The number of carbonyl (C=O) groups excluding carboxylic acids is 2. The molecule has 23 heavy (non-hydrogen) atoms. The Morgan fingerprint density at radius 3 is 2.96 bits per heavy atom. The van der Waals surface area contributed by atoms with E-state index in [1.165, 1.54) is 18.3 Å². The first-order chi connectivity index (χ1) is 11.0. The van der Waals surface area contributed by atoms with Gasteiger partial charge in [0, 0.05) is 35.1 Å². The smallest absolute Gasteiger partial charge is 0.256 e. The highest BCUT2D eigenvalue weighted by Gasteiger charge is 2.24. The molecule has 1 aliphatic heterocycles. The minimum Gasteiger partial charge on any atom is -0.321 e. The number of hydrogen-bond donors (Lipinski definition) is 1. The molecule has 1 N–H and O–H groups in total. The Labute approximate surface area is 142 Å². The minimum atomic E-state index is -0.185. The average Bonchev–Trinajstić information content (AvgIpc) is 3.06. The molecule has 0 spiro atoms. The molecule has 1 aliphatic rings. The molecule has 1 aromatic heterocycles. The number of halogens is 1. The monoisotopic (exact) mass is 347 g/mol. The van der Waals surface area contributed by atoms with Crippen LogP contribution in [0.25, 0.3) is 11.6 Å². The first kappa shape index (κ1) is 15.7. The number of amides is 2. The Hall–Kier alpha value is -2.18. The van der Waals surface area contributed by atoms with Gasteiger partial charge in [-0.1, -0.05) is 11.6 Å². The van der Waals surface area contributed by atoms with Crippen LogP contribution in [0.15, 0.2) is 23.6 Å². The van der Waals surface area contributed by atoms with Crippen molar-refractivity contribution in [2.45, 2.75) is 13.8 Å². The number of aromatic nitrogens is 1. The van der Waals surface area contributed by atoms with Crippen molar-refractivity contribution < 1.29 is 9.59 Å². The summed E-state index contributed by atoms with van der Waals surface area (Å²) >= 11 is 7.39. The fourth-order valence-electron chi connectivity index (χ4n) is 2.41. The summed E-state index contributed by atoms with van der Waals surface area (Å²) in [7, 11) is 0. The van der Waals surface area contributed by atoms with Crippen LogP contribution in [0.3, 0.4) is 0 Å². The van der Waals surface area contributed by atoms with Gasteiger partial charge in [-0.25, -0.2) is 4.98 Å². The van der Waals surface area contributed by atoms with Crippen LogP contribution in [-0.4, -0.2) is 23.3 Å². The molecule has 0 unspecified atom stereocenters. The number of thiazole rings is 1. The van der Waals surface area contributed by atoms with E-state index in [9.17, 15) is 9.59 Å². The summed E-state index contributed by atoms with van der Waals surface area (Å²) < 4.78 is 0. The third kappa shape index (κ3) is 3.00. The lowest BCUT2D eigenvalue weighted by molar-refractivity contribution is -0.116. The van der Waals surface area contributed by atoms with Crippen LogP contribution >= 0.6 is 22.9 Å². The molecule has 7 heteroatoms. The van der Waals surface area contributed by atoms with E-state index in [1.807, 2.05) is 12.3 Å². The lowest BCUT2D eigenvalue weighted by Crippen LogP contribution is -2.27. The van der Waals surface area contributed by atoms with E-state index in [1.54, 1.807) is 29.2 Å². The number of benzene rings is 1. The third-order valence-electron chi connectivity index (χ3n) is 3.49. The lowest BCUT2D eigenvalue weighted by atomic mass is 10.1. The molecule has 2 heterocycles. The second kappa shape index (κ2) is 6.14. The van der Waals surface area contributed by atoms with Crippen molar-refractivity contribution in [3.63, 3.8) is 0 Å². The highest BCUT2D eigenvalue weighted by Crippen LogP contribution is 2.35. The van der Waals surface area contributed by atoms with E-state index in [-0.39, 0.29) is 11.8 Å². The second-order valence-electron chi connectivity index (χ2n) is 5.02. The molecular weight excluding hydrogens is 334 g/mol. The molecule has 0 atom stereocenters. The van der Waals surface area contributed by atoms with Crippen LogP contribution in [0.2, 0.25) is 5.02 Å². The average molecular weight is 348 g/mol. The van der Waals surface area contributed by atoms with E-state index in [0.29, 0.717) is 28.0 Å². The van der Waals surface area contributed by atoms with Crippen molar-refractivity contribution in [3.05, 3.63) is 39.9 Å². The van der Waals surface area contributed by atoms with Crippen molar-refractivity contribution in [1.82, 2.24) is 4.98 Å². The van der Waals surface area contributed by atoms with Crippen LogP contribution < -0.4 is 10.2 Å². The molecule has 0 saturated heterocycles. The molecular formula is C16H14ClN3O2S. The lowest BCUT2D eigenvalue weighted by Gasteiger charge is -2.14. The van der Waals surface area contributed by atoms with Gasteiger partial charge in [-0.05, 0) is 31.2 Å². The first-order valence-corrected chi connectivity index (χ1v) is 8.32. The number of fused-ring (bicyclic) bond motifs is 1. The number of rotatable bonds is 3. The molecule has 2 amide bonds. The van der Waals surface area contributed by atoms with E-state index < -0.39 is 0 Å². The molecule has 0 bridgehead atoms. The molecule has 0 saturated carbocycles. The standard InChI is InChI=1S/C16H14ClN3O2S/c1-3-20(9(2)21)16-18-11(8-23-16)7-13-12-6-10(17)4-5-14(12)19-15(13)22/h4-8H,3H2,1-2H3,(H,19,22)/b13-7+. The Kier molecular flexibility index (Phi) is 4.19. The Morgan fingerprint density at radius 1 is 1.48 bits per heavy atom. The molecule has 0 fully saturated rings. The Balaban J connectivity index is 1.97. The normalized spacial score (nSPS) is 14.7. The summed E-state index contributed by atoms with van der Waals surface area (Å²) in [6, 6.07) is 5.26. The summed E-state index contributed by atoms with van der Waals surface area (Å²) in [5, 5.41) is 5.81. The van der Waals surface area contributed by atoms with Crippen molar-refractivity contribution in [2.24, 2.45) is 0 Å². The summed E-state index contributed by atoms with van der Waals surface area (Å²) in [4.78, 5) is 29.7. The zero-order chi connectivity index (χ0) is 16.6. The van der Waals surface area contributed by atoms with Gasteiger partial charge in [-0.2, -0.15) is 0 Å². The zero-order valence-electron chi connectivity index (χ0n) is 12.6. The van der Waals surface area contributed by atoms with Crippen molar-refractivity contribution in [2.75, 3.05) is 16.8 Å². The third-order valence-corrected chi connectivity index (χ3v) is 4.61. The summed E-state index contributed by atoms with van der Waals surface area (Å²) in [6.45, 7) is 3.95. The predicted octanol–water partition coefficient (Wildman–Crippen LogP) is 3.66. The highest BCUT2D eigenvalue weighted by atomic mass is 35.5. The van der Waals surface area contributed by atoms with Crippen molar-refractivity contribution in [3.8, 4) is 0 Å². The van der Waals surface area contributed by atoms with Gasteiger partial charge in [-0.15, -0.1) is 11.3 Å². The van der Waals surface area contributed by atoms with Crippen LogP contribution in [-0.2, 0) is 9.59 Å². The number of carbonyl (C=O) groups is 2. The number of anilines is 2. The Morgan fingerprint density at radius 2 is 2.26 bits per heavy atom. The van der Waals surface area contributed by atoms with Gasteiger partial charge in [0.2, 0.25) is 5.91 Å². The van der Waals surface area contributed by atoms with Gasteiger partial charge >= 0.3 is 0 Å².